The largest absolute Gasteiger partial charge is 0.490 e. The van der Waals surface area contributed by atoms with Gasteiger partial charge in [-0.15, -0.1) is 0 Å². The Morgan fingerprint density at radius 3 is 2.25 bits per heavy atom. The van der Waals surface area contributed by atoms with Gasteiger partial charge in [0.15, 0.2) is 17.1 Å². The highest BCUT2D eigenvalue weighted by Gasteiger charge is 2.19. The third-order valence-electron chi connectivity index (χ3n) is 5.42. The maximum atomic E-state index is 12.8. The number of nitrogens with one attached hydrogen (secondary N) is 2. The van der Waals surface area contributed by atoms with E-state index in [4.69, 9.17) is 14.2 Å². The van der Waals surface area contributed by atoms with E-state index in [-0.39, 0.29) is 17.9 Å². The highest BCUT2D eigenvalue weighted by atomic mass is 16.5. The Morgan fingerprint density at radius 2 is 1.67 bits per heavy atom. The second kappa shape index (κ2) is 11.9. The van der Waals surface area contributed by atoms with Crippen molar-refractivity contribution in [2.24, 2.45) is 0 Å². The lowest BCUT2D eigenvalue weighted by atomic mass is 10.1. The van der Waals surface area contributed by atoms with Crippen LogP contribution in [0.3, 0.4) is 0 Å². The zero-order valence-electron chi connectivity index (χ0n) is 21.1. The summed E-state index contributed by atoms with van der Waals surface area (Å²) in [7, 11) is 0. The van der Waals surface area contributed by atoms with Crippen LogP contribution in [0.25, 0.3) is 5.65 Å². The molecule has 36 heavy (non-hydrogen) atoms. The van der Waals surface area contributed by atoms with Crippen molar-refractivity contribution < 1.29 is 23.8 Å². The van der Waals surface area contributed by atoms with E-state index < -0.39 is 5.91 Å². The van der Waals surface area contributed by atoms with E-state index in [9.17, 15) is 14.9 Å². The van der Waals surface area contributed by atoms with Crippen molar-refractivity contribution in [3.63, 3.8) is 0 Å². The zero-order valence-corrected chi connectivity index (χ0v) is 21.1. The van der Waals surface area contributed by atoms with Gasteiger partial charge in [0.05, 0.1) is 26.0 Å². The molecule has 0 saturated carbocycles. The number of aryl methyl sites for hydroxylation is 2. The number of ether oxygens (including phenoxy) is 3. The number of carbonyl (C=O) groups excluding carboxylic acids is 2. The van der Waals surface area contributed by atoms with Gasteiger partial charge in [0.25, 0.3) is 5.91 Å². The summed E-state index contributed by atoms with van der Waals surface area (Å²) in [5, 5.41) is 13.4. The fourth-order valence-electron chi connectivity index (χ4n) is 3.77. The molecule has 0 bridgehead atoms. The van der Waals surface area contributed by atoms with Gasteiger partial charge in [0.2, 0.25) is 11.7 Å². The molecular weight excluding hydrogens is 464 g/mol. The van der Waals surface area contributed by atoms with Crippen molar-refractivity contribution >= 4 is 17.5 Å². The van der Waals surface area contributed by atoms with Crippen molar-refractivity contribution in [3.05, 3.63) is 46.4 Å². The number of fused-ring (bicyclic) bond motifs is 1. The van der Waals surface area contributed by atoms with Gasteiger partial charge in [0, 0.05) is 23.4 Å². The molecule has 0 aliphatic rings. The second-order valence-corrected chi connectivity index (χ2v) is 7.77. The van der Waals surface area contributed by atoms with Crippen LogP contribution in [0, 0.1) is 25.2 Å². The molecule has 11 heteroatoms. The van der Waals surface area contributed by atoms with Crippen LogP contribution in [0.1, 0.15) is 60.1 Å². The van der Waals surface area contributed by atoms with Gasteiger partial charge in [-0.25, -0.2) is 9.50 Å². The molecule has 3 aromatic rings. The minimum absolute atomic E-state index is 0.110. The lowest BCUT2D eigenvalue weighted by molar-refractivity contribution is -0.121. The Labute approximate surface area is 209 Å². The van der Waals surface area contributed by atoms with E-state index in [1.807, 2.05) is 34.6 Å². The molecule has 2 N–H and O–H groups in total. The predicted molar refractivity (Wildman–Crippen MR) is 131 cm³/mol. The average Bonchev–Trinajstić information content (AvgIpc) is 3.27. The number of nitriles is 1. The number of hydrogen-bond acceptors (Lipinski definition) is 8. The summed E-state index contributed by atoms with van der Waals surface area (Å²) in [5.74, 6) is 0.297. The normalized spacial score (nSPS) is 10.6. The van der Waals surface area contributed by atoms with E-state index in [0.717, 1.165) is 17.0 Å². The monoisotopic (exact) mass is 494 g/mol. The number of amides is 2. The number of aromatic nitrogens is 3. The molecule has 0 saturated heterocycles. The van der Waals surface area contributed by atoms with Crippen LogP contribution in [0.15, 0.2) is 18.3 Å². The maximum Gasteiger partial charge on any atom is 0.269 e. The minimum atomic E-state index is -0.524. The SMILES string of the molecule is CCOc1cc(C(=O)NNC(=O)CCc2c(C)nc3c(C#N)cnn3c2C)cc(OCC)c1OCC. The van der Waals surface area contributed by atoms with Gasteiger partial charge in [-0.1, -0.05) is 0 Å². The maximum absolute atomic E-state index is 12.8. The Bertz CT molecular complexity index is 1280. The van der Waals surface area contributed by atoms with Gasteiger partial charge >= 0.3 is 0 Å². The van der Waals surface area contributed by atoms with Gasteiger partial charge in [-0.3, -0.25) is 20.4 Å². The Balaban J connectivity index is 1.68. The molecule has 0 aliphatic carbocycles. The number of hydrazine groups is 1. The fraction of sp³-hybridized carbons (Fsp3) is 0.400. The number of nitrogens with zero attached hydrogens (tertiary/aromatic N) is 4. The highest BCUT2D eigenvalue weighted by molar-refractivity contribution is 5.96. The number of rotatable bonds is 10. The van der Waals surface area contributed by atoms with Crippen LogP contribution in [0.4, 0.5) is 0 Å². The summed E-state index contributed by atoms with van der Waals surface area (Å²) in [4.78, 5) is 29.7. The Hall–Kier alpha value is -4.33. The van der Waals surface area contributed by atoms with Crippen LogP contribution < -0.4 is 25.1 Å². The Kier molecular flexibility index (Phi) is 8.67. The summed E-state index contributed by atoms with van der Waals surface area (Å²) in [6.07, 6.45) is 1.96. The molecule has 2 aromatic heterocycles. The molecule has 0 aliphatic heterocycles. The first-order valence-corrected chi connectivity index (χ1v) is 11.7. The molecule has 3 rings (SSSR count). The lowest BCUT2D eigenvalue weighted by Crippen LogP contribution is -2.41. The number of carbonyl (C=O) groups is 2. The topological polar surface area (TPSA) is 140 Å². The molecule has 0 fully saturated rings. The average molecular weight is 495 g/mol. The summed E-state index contributed by atoms with van der Waals surface area (Å²) >= 11 is 0. The van der Waals surface area contributed by atoms with E-state index in [1.54, 1.807) is 16.6 Å². The van der Waals surface area contributed by atoms with Crippen LogP contribution in [-0.2, 0) is 11.2 Å². The molecule has 1 aromatic carbocycles. The molecule has 2 amide bonds. The molecule has 0 spiro atoms. The van der Waals surface area contributed by atoms with Crippen molar-refractivity contribution in [3.8, 4) is 23.3 Å². The number of benzene rings is 1. The van der Waals surface area contributed by atoms with Crippen molar-refractivity contribution in [1.29, 1.82) is 5.26 Å². The smallest absolute Gasteiger partial charge is 0.269 e. The molecule has 0 atom stereocenters. The third-order valence-corrected chi connectivity index (χ3v) is 5.42. The van der Waals surface area contributed by atoms with Crippen molar-refractivity contribution in [2.45, 2.75) is 47.5 Å². The number of hydrogen-bond donors (Lipinski definition) is 2. The van der Waals surface area contributed by atoms with E-state index in [0.29, 0.717) is 54.7 Å². The van der Waals surface area contributed by atoms with Crippen LogP contribution in [0.2, 0.25) is 0 Å². The Morgan fingerprint density at radius 1 is 1.03 bits per heavy atom. The molecule has 0 radical (unpaired) electrons. The predicted octanol–water partition coefficient (Wildman–Crippen LogP) is 2.81. The minimum Gasteiger partial charge on any atom is -0.490 e. The summed E-state index contributed by atoms with van der Waals surface area (Å²) < 4.78 is 18.5. The van der Waals surface area contributed by atoms with Crippen LogP contribution >= 0.6 is 0 Å². The fourth-order valence-corrected chi connectivity index (χ4v) is 3.77. The first-order valence-electron chi connectivity index (χ1n) is 11.7. The van der Waals surface area contributed by atoms with Crippen molar-refractivity contribution in [1.82, 2.24) is 25.4 Å². The first kappa shape index (κ1) is 26.3. The standard InChI is InChI=1S/C25H30N6O5/c1-6-34-20-11-17(12-21(35-7-2)23(20)36-8-3)25(33)30-29-22(32)10-9-19-15(4)28-24-18(13-26)14-27-31(24)16(19)5/h11-12,14H,6-10H2,1-5H3,(H,29,32)(H,30,33). The molecule has 11 nitrogen and oxygen atoms in total. The van der Waals surface area contributed by atoms with Gasteiger partial charge < -0.3 is 14.2 Å². The summed E-state index contributed by atoms with van der Waals surface area (Å²) in [6, 6.07) is 5.17. The van der Waals surface area contributed by atoms with Crippen LogP contribution in [0.5, 0.6) is 17.2 Å². The van der Waals surface area contributed by atoms with E-state index in [1.165, 1.54) is 6.20 Å². The molecule has 190 valence electrons. The van der Waals surface area contributed by atoms with Gasteiger partial charge in [0.1, 0.15) is 11.6 Å². The van der Waals surface area contributed by atoms with E-state index in [2.05, 4.69) is 27.0 Å². The van der Waals surface area contributed by atoms with E-state index >= 15 is 0 Å². The lowest BCUT2D eigenvalue weighted by Gasteiger charge is -2.17. The summed E-state index contributed by atoms with van der Waals surface area (Å²) in [6.45, 7) is 10.4. The first-order chi connectivity index (χ1) is 17.3. The summed E-state index contributed by atoms with van der Waals surface area (Å²) in [5.41, 5.74) is 8.38. The quantitative estimate of drug-likeness (QED) is 0.410. The molecule has 0 unspecified atom stereocenters. The van der Waals surface area contributed by atoms with Gasteiger partial charge in [-0.05, 0) is 58.7 Å². The third kappa shape index (κ3) is 5.66. The van der Waals surface area contributed by atoms with Crippen molar-refractivity contribution in [2.75, 3.05) is 19.8 Å². The van der Waals surface area contributed by atoms with Crippen LogP contribution in [-0.4, -0.2) is 46.2 Å². The highest BCUT2D eigenvalue weighted by Crippen LogP contribution is 2.39. The van der Waals surface area contributed by atoms with Gasteiger partial charge in [-0.2, -0.15) is 10.4 Å². The second-order valence-electron chi connectivity index (χ2n) is 7.77. The molecule has 2 heterocycles. The zero-order chi connectivity index (χ0) is 26.2. The molecular formula is C25H30N6O5.